The highest BCUT2D eigenvalue weighted by molar-refractivity contribution is 5.86. The van der Waals surface area contributed by atoms with Crippen LogP contribution in [0.25, 0.3) is 0 Å². The predicted molar refractivity (Wildman–Crippen MR) is 68.0 cm³/mol. The fourth-order valence-corrected chi connectivity index (χ4v) is 1.38. The van der Waals surface area contributed by atoms with Crippen LogP contribution in [0.1, 0.15) is 32.1 Å². The van der Waals surface area contributed by atoms with Gasteiger partial charge >= 0.3 is 11.9 Å². The van der Waals surface area contributed by atoms with Crippen LogP contribution in [0, 0.1) is 13.5 Å². The predicted octanol–water partition coefficient (Wildman–Crippen LogP) is -0.0150. The molecule has 1 amide bonds. The van der Waals surface area contributed by atoms with Crippen molar-refractivity contribution in [3.8, 4) is 0 Å². The van der Waals surface area contributed by atoms with Crippen molar-refractivity contribution < 1.29 is 29.4 Å². The summed E-state index contributed by atoms with van der Waals surface area (Å²) in [6.45, 7) is 6.60. The number of hydrogen-bond donors (Lipinski definition) is 4. The molecule has 0 heterocycles. The summed E-state index contributed by atoms with van der Waals surface area (Å²) in [5, 5.41) is 19.4. The van der Waals surface area contributed by atoms with E-state index in [0.29, 0.717) is 19.4 Å². The Labute approximate surface area is 117 Å². The monoisotopic (exact) mass is 287 g/mol. The SMILES string of the molecule is [CH][CH]NOCCCCCC(=O)NC(CC(=O)O)C(=O)O. The molecule has 0 aliphatic carbocycles. The van der Waals surface area contributed by atoms with Crippen LogP contribution in [0.3, 0.4) is 0 Å². The van der Waals surface area contributed by atoms with Crippen molar-refractivity contribution in [2.45, 2.75) is 38.1 Å². The number of carboxylic acid groups (broad SMARTS) is 2. The average molecular weight is 287 g/mol. The topological polar surface area (TPSA) is 125 Å². The number of rotatable bonds is 12. The Morgan fingerprint density at radius 2 is 1.90 bits per heavy atom. The van der Waals surface area contributed by atoms with Crippen molar-refractivity contribution in [3.63, 3.8) is 0 Å². The zero-order valence-corrected chi connectivity index (χ0v) is 11.0. The third kappa shape index (κ3) is 10.3. The summed E-state index contributed by atoms with van der Waals surface area (Å²) < 4.78 is 0. The minimum Gasteiger partial charge on any atom is -0.481 e. The molecule has 0 rings (SSSR count). The molecule has 1 atom stereocenters. The molecule has 8 nitrogen and oxygen atoms in total. The molecule has 0 aromatic heterocycles. The van der Waals surface area contributed by atoms with E-state index in [4.69, 9.17) is 22.0 Å². The van der Waals surface area contributed by atoms with Gasteiger partial charge in [0.15, 0.2) is 0 Å². The first-order valence-electron chi connectivity index (χ1n) is 6.12. The molecule has 0 aliphatic heterocycles. The van der Waals surface area contributed by atoms with Crippen molar-refractivity contribution >= 4 is 17.8 Å². The molecule has 0 aromatic rings. The van der Waals surface area contributed by atoms with Gasteiger partial charge in [0.05, 0.1) is 19.6 Å². The maximum Gasteiger partial charge on any atom is 0.326 e. The lowest BCUT2D eigenvalue weighted by Gasteiger charge is -2.12. The average Bonchev–Trinajstić information content (AvgIpc) is 2.36. The van der Waals surface area contributed by atoms with Gasteiger partial charge < -0.3 is 20.4 Å². The van der Waals surface area contributed by atoms with E-state index in [2.05, 4.69) is 10.8 Å². The van der Waals surface area contributed by atoms with Crippen molar-refractivity contribution in [1.29, 1.82) is 0 Å². The Morgan fingerprint density at radius 3 is 2.45 bits per heavy atom. The maximum absolute atomic E-state index is 11.4. The van der Waals surface area contributed by atoms with Crippen LogP contribution in [-0.2, 0) is 19.2 Å². The minimum atomic E-state index is -1.40. The van der Waals surface area contributed by atoms with Crippen molar-refractivity contribution in [3.05, 3.63) is 13.5 Å². The molecule has 0 saturated carbocycles. The molecule has 0 spiro atoms. The molecular weight excluding hydrogens is 268 g/mol. The summed E-state index contributed by atoms with van der Waals surface area (Å²) in [7, 11) is 0. The zero-order valence-electron chi connectivity index (χ0n) is 11.0. The summed E-state index contributed by atoms with van der Waals surface area (Å²) >= 11 is 0. The number of hydrogen-bond acceptors (Lipinski definition) is 5. The Hall–Kier alpha value is -1.67. The van der Waals surface area contributed by atoms with Crippen LogP contribution in [0.2, 0.25) is 0 Å². The first-order chi connectivity index (χ1) is 9.47. The van der Waals surface area contributed by atoms with E-state index in [1.807, 2.05) is 0 Å². The molecule has 113 valence electrons. The third-order valence-electron chi connectivity index (χ3n) is 2.31. The molecule has 0 bridgehead atoms. The summed E-state index contributed by atoms with van der Waals surface area (Å²) in [5.74, 6) is -3.12. The molecule has 0 fully saturated rings. The fourth-order valence-electron chi connectivity index (χ4n) is 1.38. The molecule has 0 saturated heterocycles. The molecule has 8 heteroatoms. The highest BCUT2D eigenvalue weighted by Gasteiger charge is 2.22. The second kappa shape index (κ2) is 11.2. The summed E-state index contributed by atoms with van der Waals surface area (Å²) in [6, 6.07) is -1.40. The van der Waals surface area contributed by atoms with Gasteiger partial charge in [-0.2, -0.15) is 5.48 Å². The maximum atomic E-state index is 11.4. The van der Waals surface area contributed by atoms with Crippen molar-refractivity contribution in [2.24, 2.45) is 0 Å². The zero-order chi connectivity index (χ0) is 15.4. The standard InChI is InChI=1S/C12H19N2O6/c1-2-13-20-7-5-3-4-6-10(15)14-9(12(18)19)8-11(16)17/h1-2,9,13H,3-8H2,(H,14,15)(H,16,17)(H,18,19). The number of carbonyl (C=O) groups is 3. The van der Waals surface area contributed by atoms with E-state index >= 15 is 0 Å². The van der Waals surface area contributed by atoms with E-state index in [-0.39, 0.29) is 6.42 Å². The normalized spacial score (nSPS) is 11.8. The third-order valence-corrected chi connectivity index (χ3v) is 2.31. The van der Waals surface area contributed by atoms with Crippen LogP contribution in [0.15, 0.2) is 0 Å². The number of nitrogens with one attached hydrogen (secondary N) is 2. The number of aliphatic carboxylic acids is 2. The Kier molecular flexibility index (Phi) is 10.2. The van der Waals surface area contributed by atoms with Gasteiger partial charge in [0.2, 0.25) is 5.91 Å². The van der Waals surface area contributed by atoms with E-state index in [0.717, 1.165) is 13.0 Å². The second-order valence-electron chi connectivity index (χ2n) is 4.00. The minimum absolute atomic E-state index is 0.139. The summed E-state index contributed by atoms with van der Waals surface area (Å²) in [6.07, 6.45) is 1.49. The quantitative estimate of drug-likeness (QED) is 0.294. The number of unbranched alkanes of at least 4 members (excludes halogenated alkanes) is 2. The highest BCUT2D eigenvalue weighted by Crippen LogP contribution is 2.01. The van der Waals surface area contributed by atoms with Gasteiger partial charge in [-0.3, -0.25) is 9.59 Å². The van der Waals surface area contributed by atoms with Gasteiger partial charge in [-0.25, -0.2) is 4.79 Å². The molecule has 4 N–H and O–H groups in total. The van der Waals surface area contributed by atoms with Gasteiger partial charge in [-0.15, -0.1) is 0 Å². The smallest absolute Gasteiger partial charge is 0.326 e. The second-order valence-corrected chi connectivity index (χ2v) is 4.00. The number of hydroxylamine groups is 1. The molecule has 3 radical (unpaired) electrons. The van der Waals surface area contributed by atoms with Crippen LogP contribution in [-0.4, -0.2) is 40.7 Å². The van der Waals surface area contributed by atoms with E-state index < -0.39 is 30.3 Å². The fraction of sp³-hybridized carbons (Fsp3) is 0.583. The Bertz CT molecular complexity index is 321. The summed E-state index contributed by atoms with van der Waals surface area (Å²) in [5.41, 5.74) is 2.36. The van der Waals surface area contributed by atoms with E-state index in [1.54, 1.807) is 0 Å². The largest absolute Gasteiger partial charge is 0.481 e. The number of carboxylic acids is 2. The number of carbonyl (C=O) groups excluding carboxylic acids is 1. The Balaban J connectivity index is 3.75. The highest BCUT2D eigenvalue weighted by atomic mass is 16.6. The number of amides is 1. The van der Waals surface area contributed by atoms with Gasteiger partial charge in [-0.05, 0) is 19.8 Å². The lowest BCUT2D eigenvalue weighted by atomic mass is 10.1. The van der Waals surface area contributed by atoms with E-state index in [9.17, 15) is 14.4 Å². The molecule has 1 unspecified atom stereocenters. The lowest BCUT2D eigenvalue weighted by Crippen LogP contribution is -2.42. The van der Waals surface area contributed by atoms with Gasteiger partial charge in [0, 0.05) is 6.42 Å². The van der Waals surface area contributed by atoms with Gasteiger partial charge in [-0.1, -0.05) is 6.42 Å². The van der Waals surface area contributed by atoms with Crippen LogP contribution in [0.4, 0.5) is 0 Å². The molecule has 0 aromatic carbocycles. The van der Waals surface area contributed by atoms with Crippen LogP contribution < -0.4 is 10.8 Å². The van der Waals surface area contributed by atoms with Crippen molar-refractivity contribution in [1.82, 2.24) is 10.8 Å². The van der Waals surface area contributed by atoms with Crippen LogP contribution in [0.5, 0.6) is 0 Å². The van der Waals surface area contributed by atoms with Gasteiger partial charge in [0.1, 0.15) is 6.04 Å². The van der Waals surface area contributed by atoms with Crippen molar-refractivity contribution in [2.75, 3.05) is 6.61 Å². The summed E-state index contributed by atoms with van der Waals surface area (Å²) in [4.78, 5) is 37.5. The first kappa shape index (κ1) is 18.3. The Morgan fingerprint density at radius 1 is 1.20 bits per heavy atom. The molecule has 0 aliphatic rings. The first-order valence-corrected chi connectivity index (χ1v) is 6.12. The molecular formula is C12H19N2O6. The molecule has 20 heavy (non-hydrogen) atoms. The van der Waals surface area contributed by atoms with Crippen LogP contribution >= 0.6 is 0 Å². The van der Waals surface area contributed by atoms with Gasteiger partial charge in [0.25, 0.3) is 0 Å². The van der Waals surface area contributed by atoms with E-state index in [1.165, 1.54) is 0 Å². The lowest BCUT2D eigenvalue weighted by molar-refractivity contribution is -0.147.